The lowest BCUT2D eigenvalue weighted by atomic mass is 10.3. The number of H-pyrrole nitrogens is 1. The average Bonchev–Trinajstić information content (AvgIpc) is 2.84. The van der Waals surface area contributed by atoms with E-state index in [1.165, 1.54) is 18.2 Å². The first kappa shape index (κ1) is 13.0. The monoisotopic (exact) mass is 306 g/mol. The Morgan fingerprint density at radius 3 is 2.85 bits per heavy atom. The van der Waals surface area contributed by atoms with E-state index in [2.05, 4.69) is 15.2 Å². The highest BCUT2D eigenvalue weighted by atomic mass is 35.5. The summed E-state index contributed by atoms with van der Waals surface area (Å²) < 4.78 is 15.3. The van der Waals surface area contributed by atoms with Crippen LogP contribution in [0.5, 0.6) is 0 Å². The van der Waals surface area contributed by atoms with E-state index >= 15 is 0 Å². The molecule has 1 N–H and O–H groups in total. The Balaban J connectivity index is 2.27. The fourth-order valence-corrected chi connectivity index (χ4v) is 2.28. The number of nitrogens with zero attached hydrogens (tertiary/aromatic N) is 3. The Morgan fingerprint density at radius 1 is 1.25 bits per heavy atom. The molecule has 0 atom stereocenters. The van der Waals surface area contributed by atoms with E-state index in [9.17, 15) is 4.39 Å². The first-order chi connectivity index (χ1) is 9.66. The maximum atomic E-state index is 13.5. The molecular weight excluding hydrogens is 299 g/mol. The highest BCUT2D eigenvalue weighted by Crippen LogP contribution is 2.26. The maximum absolute atomic E-state index is 13.5. The molecule has 0 aliphatic carbocycles. The largest absolute Gasteiger partial charge is 0.265 e. The highest BCUT2D eigenvalue weighted by molar-refractivity contribution is 7.71. The number of pyridine rings is 1. The molecule has 1 aromatic carbocycles. The third-order valence-corrected chi connectivity index (χ3v) is 3.31. The van der Waals surface area contributed by atoms with Gasteiger partial charge in [-0.2, -0.15) is 5.10 Å². The minimum absolute atomic E-state index is 0.318. The first-order valence-corrected chi connectivity index (χ1v) is 6.49. The van der Waals surface area contributed by atoms with Crippen LogP contribution in [0, 0.1) is 10.6 Å². The molecule has 0 aliphatic rings. The second kappa shape index (κ2) is 5.15. The lowest BCUT2D eigenvalue weighted by molar-refractivity contribution is 0.626. The Bertz CT molecular complexity index is 813. The summed E-state index contributed by atoms with van der Waals surface area (Å²) in [5.41, 5.74) is 1.03. The van der Waals surface area contributed by atoms with Crippen LogP contribution in [0.1, 0.15) is 0 Å². The van der Waals surface area contributed by atoms with Gasteiger partial charge in [0.1, 0.15) is 11.5 Å². The summed E-state index contributed by atoms with van der Waals surface area (Å²) in [6.07, 6.45) is 1.64. The number of nitrogens with one attached hydrogen (secondary N) is 1. The van der Waals surface area contributed by atoms with E-state index in [4.69, 9.17) is 23.8 Å². The normalized spacial score (nSPS) is 10.7. The van der Waals surface area contributed by atoms with Gasteiger partial charge in [-0.15, -0.1) is 0 Å². The van der Waals surface area contributed by atoms with Gasteiger partial charge in [0.15, 0.2) is 10.6 Å². The molecular formula is C13H8ClFN4S. The molecule has 0 aliphatic heterocycles. The third kappa shape index (κ3) is 2.23. The molecule has 3 aromatic rings. The van der Waals surface area contributed by atoms with Crippen molar-refractivity contribution in [3.05, 3.63) is 58.2 Å². The van der Waals surface area contributed by atoms with Crippen LogP contribution in [0.15, 0.2) is 42.6 Å². The van der Waals surface area contributed by atoms with Crippen molar-refractivity contribution >= 4 is 23.8 Å². The second-order valence-electron chi connectivity index (χ2n) is 4.00. The van der Waals surface area contributed by atoms with Crippen molar-refractivity contribution in [1.82, 2.24) is 19.7 Å². The molecule has 0 saturated carbocycles. The number of rotatable bonds is 2. The molecule has 0 radical (unpaired) electrons. The molecule has 7 heteroatoms. The summed E-state index contributed by atoms with van der Waals surface area (Å²) in [6, 6.07) is 9.48. The van der Waals surface area contributed by atoms with E-state index in [0.29, 0.717) is 27.0 Å². The Hall–Kier alpha value is -2.05. The Morgan fingerprint density at radius 2 is 2.10 bits per heavy atom. The average molecular weight is 307 g/mol. The van der Waals surface area contributed by atoms with E-state index in [-0.39, 0.29) is 0 Å². The zero-order valence-corrected chi connectivity index (χ0v) is 11.6. The van der Waals surface area contributed by atoms with Crippen molar-refractivity contribution in [2.45, 2.75) is 0 Å². The van der Waals surface area contributed by atoms with Crippen molar-refractivity contribution in [3.63, 3.8) is 0 Å². The maximum Gasteiger partial charge on any atom is 0.200 e. The van der Waals surface area contributed by atoms with Crippen molar-refractivity contribution in [2.75, 3.05) is 0 Å². The second-order valence-corrected chi connectivity index (χ2v) is 4.79. The van der Waals surface area contributed by atoms with E-state index in [1.807, 2.05) is 6.07 Å². The standard InChI is InChI=1S/C13H8ClFN4S/c14-9-5-4-8(15)7-11(9)19-12(17-18-13(19)20)10-3-1-2-6-16-10/h1-7H,(H,18,20). The van der Waals surface area contributed by atoms with Crippen LogP contribution >= 0.6 is 23.8 Å². The van der Waals surface area contributed by atoms with Crippen molar-refractivity contribution in [2.24, 2.45) is 0 Å². The molecule has 2 aromatic heterocycles. The van der Waals surface area contributed by atoms with Gasteiger partial charge in [0.05, 0.1) is 10.7 Å². The smallest absolute Gasteiger partial charge is 0.200 e. The third-order valence-electron chi connectivity index (χ3n) is 2.72. The van der Waals surface area contributed by atoms with Gasteiger partial charge in [0.25, 0.3) is 0 Å². The van der Waals surface area contributed by atoms with Gasteiger partial charge >= 0.3 is 0 Å². The summed E-state index contributed by atoms with van der Waals surface area (Å²) in [6.45, 7) is 0. The van der Waals surface area contributed by atoms with Crippen LogP contribution in [-0.2, 0) is 0 Å². The molecule has 0 bridgehead atoms. The van der Waals surface area contributed by atoms with Gasteiger partial charge in [-0.1, -0.05) is 17.7 Å². The molecule has 2 heterocycles. The van der Waals surface area contributed by atoms with Gasteiger partial charge in [-0.05, 0) is 42.5 Å². The SMILES string of the molecule is Fc1ccc(Cl)c(-n2c(-c3ccccn3)n[nH]c2=S)c1. The number of aromatic nitrogens is 4. The van der Waals surface area contributed by atoms with E-state index < -0.39 is 5.82 Å². The summed E-state index contributed by atoms with van der Waals surface area (Å²) >= 11 is 11.3. The molecule has 0 amide bonds. The topological polar surface area (TPSA) is 46.5 Å². The molecule has 20 heavy (non-hydrogen) atoms. The van der Waals surface area contributed by atoms with Crippen LogP contribution in [0.2, 0.25) is 5.02 Å². The molecule has 100 valence electrons. The van der Waals surface area contributed by atoms with Crippen LogP contribution in [0.4, 0.5) is 4.39 Å². The zero-order chi connectivity index (χ0) is 14.1. The number of hydrogen-bond donors (Lipinski definition) is 1. The Labute approximate surface area is 123 Å². The predicted molar refractivity (Wildman–Crippen MR) is 76.9 cm³/mol. The van der Waals surface area contributed by atoms with Crippen molar-refractivity contribution in [1.29, 1.82) is 0 Å². The molecule has 4 nitrogen and oxygen atoms in total. The predicted octanol–water partition coefficient (Wildman–Crippen LogP) is 3.78. The van der Waals surface area contributed by atoms with Crippen LogP contribution in [-0.4, -0.2) is 19.7 Å². The van der Waals surface area contributed by atoms with Crippen molar-refractivity contribution in [3.8, 4) is 17.2 Å². The van der Waals surface area contributed by atoms with E-state index in [1.54, 1.807) is 22.9 Å². The summed E-state index contributed by atoms with van der Waals surface area (Å²) in [5, 5.41) is 7.19. The lowest BCUT2D eigenvalue weighted by Crippen LogP contribution is -2.00. The molecule has 0 unspecified atom stereocenters. The van der Waals surface area contributed by atoms with Crippen LogP contribution < -0.4 is 0 Å². The summed E-state index contributed by atoms with van der Waals surface area (Å²) in [7, 11) is 0. The molecule has 3 rings (SSSR count). The van der Waals surface area contributed by atoms with Gasteiger partial charge in [-0.3, -0.25) is 14.6 Å². The van der Waals surface area contributed by atoms with Gasteiger partial charge in [-0.25, -0.2) is 4.39 Å². The Kier molecular flexibility index (Phi) is 3.33. The lowest BCUT2D eigenvalue weighted by Gasteiger charge is -2.08. The number of hydrogen-bond acceptors (Lipinski definition) is 3. The quantitative estimate of drug-likeness (QED) is 0.733. The molecule has 0 fully saturated rings. The highest BCUT2D eigenvalue weighted by Gasteiger charge is 2.14. The van der Waals surface area contributed by atoms with Gasteiger partial charge < -0.3 is 0 Å². The fourth-order valence-electron chi connectivity index (χ4n) is 1.84. The van der Waals surface area contributed by atoms with Crippen LogP contribution in [0.25, 0.3) is 17.2 Å². The van der Waals surface area contributed by atoms with E-state index in [0.717, 1.165) is 0 Å². The van der Waals surface area contributed by atoms with Crippen LogP contribution in [0.3, 0.4) is 0 Å². The fraction of sp³-hybridized carbons (Fsp3) is 0. The van der Waals surface area contributed by atoms with Gasteiger partial charge in [0.2, 0.25) is 0 Å². The van der Waals surface area contributed by atoms with Crippen molar-refractivity contribution < 1.29 is 4.39 Å². The minimum atomic E-state index is -0.403. The number of benzene rings is 1. The molecule has 0 spiro atoms. The zero-order valence-electron chi connectivity index (χ0n) is 10.0. The first-order valence-electron chi connectivity index (χ1n) is 5.71. The number of aromatic amines is 1. The summed E-state index contributed by atoms with van der Waals surface area (Å²) in [4.78, 5) is 4.21. The molecule has 0 saturated heterocycles. The van der Waals surface area contributed by atoms with Gasteiger partial charge in [0, 0.05) is 6.20 Å². The minimum Gasteiger partial charge on any atom is -0.265 e. The summed E-state index contributed by atoms with van der Waals surface area (Å²) in [5.74, 6) is 0.0718. The number of halogens is 2.